The van der Waals surface area contributed by atoms with Gasteiger partial charge in [0, 0.05) is 11.6 Å². The highest BCUT2D eigenvalue weighted by molar-refractivity contribution is 6.07. The quantitative estimate of drug-likeness (QED) is 0.165. The van der Waals surface area contributed by atoms with Gasteiger partial charge in [0.25, 0.3) is 11.5 Å². The maximum Gasteiger partial charge on any atom is 0.338 e. The molecular weight excluding hydrogens is 452 g/mol. The van der Waals surface area contributed by atoms with Crippen LogP contribution in [0.2, 0.25) is 0 Å². The Hall–Kier alpha value is -4.66. The van der Waals surface area contributed by atoms with Crippen LogP contribution in [0.3, 0.4) is 0 Å². The van der Waals surface area contributed by atoms with Crippen LogP contribution in [0.1, 0.15) is 32.1 Å². The molecule has 0 aliphatic heterocycles. The van der Waals surface area contributed by atoms with Gasteiger partial charge in [0.15, 0.2) is 17.2 Å². The van der Waals surface area contributed by atoms with E-state index in [1.807, 2.05) is 0 Å². The van der Waals surface area contributed by atoms with E-state index in [9.17, 15) is 14.8 Å². The Morgan fingerprint density at radius 2 is 1.49 bits per heavy atom. The molecule has 0 saturated heterocycles. The van der Waals surface area contributed by atoms with Gasteiger partial charge in [0.1, 0.15) is 12.1 Å². The number of carbonyl (C=O) groups is 2. The van der Waals surface area contributed by atoms with Crippen molar-refractivity contribution in [2.24, 2.45) is 0 Å². The molecular formula is C26H22N2O7. The maximum absolute atomic E-state index is 13.2. The minimum absolute atomic E-state index is 0.0355. The molecule has 0 aliphatic carbocycles. The Kier molecular flexibility index (Phi) is 6.77. The lowest BCUT2D eigenvalue weighted by atomic mass is 10.1. The number of nitrogens with zero attached hydrogens (tertiary/aromatic N) is 2. The molecule has 0 unspecified atom stereocenters. The van der Waals surface area contributed by atoms with Gasteiger partial charge in [0.2, 0.25) is 11.3 Å². The molecule has 0 spiro atoms. The first-order valence-electron chi connectivity index (χ1n) is 10.6. The maximum atomic E-state index is 13.2. The molecule has 9 heteroatoms. The molecule has 0 amide bonds. The fourth-order valence-electron chi connectivity index (χ4n) is 3.63. The van der Waals surface area contributed by atoms with Crippen LogP contribution in [0.4, 0.5) is 0 Å². The van der Waals surface area contributed by atoms with Gasteiger partial charge in [-0.1, -0.05) is 42.5 Å². The molecule has 3 aromatic carbocycles. The number of esters is 1. The highest BCUT2D eigenvalue weighted by Crippen LogP contribution is 2.38. The molecule has 9 nitrogen and oxygen atoms in total. The Morgan fingerprint density at radius 1 is 0.857 bits per heavy atom. The monoisotopic (exact) mass is 474 g/mol. The van der Waals surface area contributed by atoms with E-state index < -0.39 is 18.4 Å². The summed E-state index contributed by atoms with van der Waals surface area (Å²) in [7, 11) is 4.31. The van der Waals surface area contributed by atoms with Crippen molar-refractivity contribution >= 4 is 22.8 Å². The number of carbonyl (C=O) groups excluding carboxylic acids is 2. The fraction of sp³-hybridized carbons (Fsp3) is 0.154. The van der Waals surface area contributed by atoms with Gasteiger partial charge >= 0.3 is 5.97 Å². The summed E-state index contributed by atoms with van der Waals surface area (Å²) in [5.74, 6) is -0.377. The number of ketones is 1. The average molecular weight is 474 g/mol. The third-order valence-corrected chi connectivity index (χ3v) is 5.32. The number of hydrogen-bond donors (Lipinski definition) is 0. The van der Waals surface area contributed by atoms with Gasteiger partial charge in [-0.2, -0.15) is 4.73 Å². The van der Waals surface area contributed by atoms with Crippen LogP contribution in [-0.4, -0.2) is 38.1 Å². The first kappa shape index (κ1) is 23.5. The van der Waals surface area contributed by atoms with Crippen LogP contribution in [-0.2, 0) is 11.3 Å². The Labute approximate surface area is 201 Å². The number of para-hydroxylation sites is 2. The zero-order valence-corrected chi connectivity index (χ0v) is 19.3. The summed E-state index contributed by atoms with van der Waals surface area (Å²) in [4.78, 5) is 30.6. The molecule has 4 aromatic rings. The van der Waals surface area contributed by atoms with Crippen LogP contribution >= 0.6 is 0 Å². The van der Waals surface area contributed by atoms with Crippen LogP contribution in [0.5, 0.6) is 17.2 Å². The predicted molar refractivity (Wildman–Crippen MR) is 126 cm³/mol. The van der Waals surface area contributed by atoms with E-state index in [2.05, 4.69) is 4.98 Å². The van der Waals surface area contributed by atoms with Crippen molar-refractivity contribution < 1.29 is 33.3 Å². The number of ether oxygens (including phenoxy) is 4. The number of fused-ring (bicyclic) bond motifs is 1. The van der Waals surface area contributed by atoms with E-state index in [1.54, 1.807) is 54.6 Å². The van der Waals surface area contributed by atoms with E-state index in [0.29, 0.717) is 21.6 Å². The normalized spacial score (nSPS) is 10.6. The molecule has 0 radical (unpaired) electrons. The van der Waals surface area contributed by atoms with Gasteiger partial charge in [-0.3, -0.25) is 4.79 Å². The molecule has 0 fully saturated rings. The number of methoxy groups -OCH3 is 3. The van der Waals surface area contributed by atoms with Crippen molar-refractivity contribution in [3.05, 3.63) is 94.5 Å². The van der Waals surface area contributed by atoms with E-state index in [-0.39, 0.29) is 34.0 Å². The Morgan fingerprint density at radius 3 is 2.11 bits per heavy atom. The van der Waals surface area contributed by atoms with Crippen LogP contribution in [0, 0.1) is 5.21 Å². The third kappa shape index (κ3) is 4.56. The molecule has 178 valence electrons. The van der Waals surface area contributed by atoms with Crippen LogP contribution in [0.15, 0.2) is 66.7 Å². The summed E-state index contributed by atoms with van der Waals surface area (Å²) < 4.78 is 21.8. The minimum atomic E-state index is -0.727. The summed E-state index contributed by atoms with van der Waals surface area (Å²) >= 11 is 0. The van der Waals surface area contributed by atoms with Gasteiger partial charge in [-0.15, -0.1) is 0 Å². The van der Waals surface area contributed by atoms with Crippen molar-refractivity contribution in [2.75, 3.05) is 21.3 Å². The second-order valence-electron chi connectivity index (χ2n) is 7.38. The summed E-state index contributed by atoms with van der Waals surface area (Å²) in [6, 6.07) is 17.9. The molecule has 0 atom stereocenters. The first-order valence-corrected chi connectivity index (χ1v) is 10.6. The largest absolute Gasteiger partial charge is 0.618 e. The average Bonchev–Trinajstić information content (AvgIpc) is 2.91. The number of aromatic nitrogens is 2. The number of rotatable bonds is 8. The van der Waals surface area contributed by atoms with Crippen molar-refractivity contribution in [1.82, 2.24) is 4.98 Å². The first-order chi connectivity index (χ1) is 17.0. The van der Waals surface area contributed by atoms with Crippen molar-refractivity contribution in [3.8, 4) is 17.2 Å². The van der Waals surface area contributed by atoms with E-state index in [0.717, 1.165) is 0 Å². The minimum Gasteiger partial charge on any atom is -0.618 e. The van der Waals surface area contributed by atoms with Crippen molar-refractivity contribution in [3.63, 3.8) is 0 Å². The summed E-state index contributed by atoms with van der Waals surface area (Å²) in [6.45, 7) is -0.406. The van der Waals surface area contributed by atoms with E-state index in [1.165, 1.54) is 33.5 Å². The molecule has 0 aliphatic rings. The zero-order chi connectivity index (χ0) is 24.9. The third-order valence-electron chi connectivity index (χ3n) is 5.32. The van der Waals surface area contributed by atoms with Crippen molar-refractivity contribution in [1.29, 1.82) is 0 Å². The molecule has 1 aromatic heterocycles. The van der Waals surface area contributed by atoms with Gasteiger partial charge in [-0.25, -0.2) is 9.78 Å². The molecule has 1 heterocycles. The van der Waals surface area contributed by atoms with Crippen LogP contribution < -0.4 is 18.9 Å². The predicted octanol–water partition coefficient (Wildman–Crippen LogP) is 3.48. The van der Waals surface area contributed by atoms with Crippen LogP contribution in [0.25, 0.3) is 11.0 Å². The summed E-state index contributed by atoms with van der Waals surface area (Å²) in [6.07, 6.45) is 0. The highest BCUT2D eigenvalue weighted by atomic mass is 16.5. The lowest BCUT2D eigenvalue weighted by Gasteiger charge is -2.14. The number of hydrogen-bond acceptors (Lipinski definition) is 8. The lowest BCUT2D eigenvalue weighted by Crippen LogP contribution is -2.38. The highest BCUT2D eigenvalue weighted by Gasteiger charge is 2.28. The summed E-state index contributed by atoms with van der Waals surface area (Å²) in [5.41, 5.74) is 0.857. The van der Waals surface area contributed by atoms with E-state index >= 15 is 0 Å². The lowest BCUT2D eigenvalue weighted by molar-refractivity contribution is -0.580. The Balaban J connectivity index is 1.71. The molecule has 0 saturated carbocycles. The second-order valence-corrected chi connectivity index (χ2v) is 7.38. The van der Waals surface area contributed by atoms with E-state index in [4.69, 9.17) is 18.9 Å². The van der Waals surface area contributed by atoms with Crippen molar-refractivity contribution in [2.45, 2.75) is 6.61 Å². The SMILES string of the molecule is COc1cc(C(=O)OCc2nc3ccccc3[n+]([O-])c2C(=O)c2ccccc2)cc(OC)c1OC. The topological polar surface area (TPSA) is 111 Å². The molecule has 4 rings (SSSR count). The van der Waals surface area contributed by atoms with Gasteiger partial charge < -0.3 is 24.2 Å². The molecule has 0 bridgehead atoms. The molecule has 35 heavy (non-hydrogen) atoms. The molecule has 0 N–H and O–H groups in total. The summed E-state index contributed by atoms with van der Waals surface area (Å²) in [5, 5.41) is 13.2. The van der Waals surface area contributed by atoms with Gasteiger partial charge in [0.05, 0.1) is 26.9 Å². The smallest absolute Gasteiger partial charge is 0.338 e. The second kappa shape index (κ2) is 10.1. The number of benzene rings is 3. The Bertz CT molecular complexity index is 1380. The standard InChI is InChI=1S/C26H22N2O7/c1-32-21-13-17(14-22(33-2)25(21)34-3)26(30)35-15-19-23(24(29)16-9-5-4-6-10-16)28(31)20-12-8-7-11-18(20)27-19/h4-14H,15H2,1-3H3. The zero-order valence-electron chi connectivity index (χ0n) is 19.3. The van der Waals surface area contributed by atoms with Gasteiger partial charge in [-0.05, 0) is 18.2 Å². The fourth-order valence-corrected chi connectivity index (χ4v) is 3.63.